The Labute approximate surface area is 174 Å². The van der Waals surface area contributed by atoms with Gasteiger partial charge in [-0.1, -0.05) is 23.7 Å². The number of piperazine rings is 1. The lowest BCUT2D eigenvalue weighted by Crippen LogP contribution is -3.19. The minimum absolute atomic E-state index is 0.189. The van der Waals surface area contributed by atoms with Crippen LogP contribution in [-0.4, -0.2) is 56.3 Å². The largest absolute Gasteiger partial charge is 0.506 e. The molecule has 8 heteroatoms. The molecule has 2 amide bonds. The second kappa shape index (κ2) is 7.93. The third kappa shape index (κ3) is 3.63. The maximum absolute atomic E-state index is 13.0. The maximum atomic E-state index is 13.0. The molecule has 2 saturated heterocycles. The molecular weight excluding hydrogens is 394 g/mol. The van der Waals surface area contributed by atoms with Gasteiger partial charge < -0.3 is 19.6 Å². The van der Waals surface area contributed by atoms with Crippen LogP contribution in [0.5, 0.6) is 11.5 Å². The summed E-state index contributed by atoms with van der Waals surface area (Å²) in [5.41, 5.74) is 1.27. The first-order chi connectivity index (χ1) is 14.0. The van der Waals surface area contributed by atoms with Gasteiger partial charge in [-0.2, -0.15) is 0 Å². The summed E-state index contributed by atoms with van der Waals surface area (Å²) >= 11 is 6.17. The molecule has 2 aromatic carbocycles. The summed E-state index contributed by atoms with van der Waals surface area (Å²) in [5.74, 6) is 0.349. The van der Waals surface area contributed by atoms with Gasteiger partial charge in [0.2, 0.25) is 5.91 Å². The van der Waals surface area contributed by atoms with Gasteiger partial charge in [0.1, 0.15) is 11.5 Å². The fourth-order valence-electron chi connectivity index (χ4n) is 4.13. The number of nitrogens with zero attached hydrogens (tertiary/aromatic N) is 2. The summed E-state index contributed by atoms with van der Waals surface area (Å²) in [6.07, 6.45) is 0.189. The number of ether oxygens (including phenoxy) is 1. The number of methoxy groups -OCH3 is 1. The molecule has 2 N–H and O–H groups in total. The number of aromatic hydroxyl groups is 1. The Morgan fingerprint density at radius 2 is 1.86 bits per heavy atom. The van der Waals surface area contributed by atoms with Crippen LogP contribution in [-0.2, 0) is 9.59 Å². The molecule has 4 rings (SSSR count). The molecule has 2 aromatic rings. The molecule has 2 fully saturated rings. The van der Waals surface area contributed by atoms with Crippen molar-refractivity contribution >= 4 is 34.8 Å². The average molecular weight is 417 g/mol. The maximum Gasteiger partial charge on any atom is 0.292 e. The first kappa shape index (κ1) is 19.5. The Balaban J connectivity index is 1.46. The topological polar surface area (TPSA) is 74.5 Å². The number of amides is 2. The van der Waals surface area contributed by atoms with Gasteiger partial charge in [0.05, 0.1) is 56.1 Å². The third-order valence-electron chi connectivity index (χ3n) is 5.66. The zero-order chi connectivity index (χ0) is 20.5. The highest BCUT2D eigenvalue weighted by molar-refractivity contribution is 6.32. The Morgan fingerprint density at radius 3 is 2.52 bits per heavy atom. The van der Waals surface area contributed by atoms with Crippen LogP contribution >= 0.6 is 11.6 Å². The van der Waals surface area contributed by atoms with Gasteiger partial charge in [-0.3, -0.25) is 9.59 Å². The molecule has 0 unspecified atom stereocenters. The number of carbonyl (C=O) groups is 2. The third-order valence-corrected chi connectivity index (χ3v) is 5.96. The van der Waals surface area contributed by atoms with Gasteiger partial charge >= 0.3 is 0 Å². The monoisotopic (exact) mass is 416 g/mol. The van der Waals surface area contributed by atoms with E-state index in [-0.39, 0.29) is 24.0 Å². The molecule has 0 radical (unpaired) electrons. The van der Waals surface area contributed by atoms with E-state index in [0.717, 1.165) is 23.7 Å². The van der Waals surface area contributed by atoms with Crippen LogP contribution in [0.15, 0.2) is 42.5 Å². The Hall–Kier alpha value is -2.77. The molecule has 0 spiro atoms. The zero-order valence-corrected chi connectivity index (χ0v) is 16.9. The molecule has 29 heavy (non-hydrogen) atoms. The van der Waals surface area contributed by atoms with E-state index < -0.39 is 6.04 Å². The number of para-hydroxylation sites is 2. The van der Waals surface area contributed by atoms with Crippen LogP contribution in [0.25, 0.3) is 0 Å². The van der Waals surface area contributed by atoms with Gasteiger partial charge in [-0.05, 0) is 30.3 Å². The lowest BCUT2D eigenvalue weighted by atomic mass is 10.1. The number of phenols is 1. The number of rotatable bonds is 4. The first-order valence-corrected chi connectivity index (χ1v) is 9.95. The quantitative estimate of drug-likeness (QED) is 0.730. The molecule has 7 nitrogen and oxygen atoms in total. The number of phenolic OH excluding ortho intramolecular Hbond substituents is 1. The molecular formula is C21H23ClN3O4+. The summed E-state index contributed by atoms with van der Waals surface area (Å²) < 4.78 is 5.14. The van der Waals surface area contributed by atoms with Crippen molar-refractivity contribution in [3.8, 4) is 11.5 Å². The van der Waals surface area contributed by atoms with Crippen molar-refractivity contribution in [1.29, 1.82) is 0 Å². The van der Waals surface area contributed by atoms with E-state index in [2.05, 4.69) is 4.90 Å². The number of quaternary nitrogens is 1. The summed E-state index contributed by atoms with van der Waals surface area (Å²) in [6.45, 7) is 2.85. The van der Waals surface area contributed by atoms with Gasteiger partial charge in [-0.15, -0.1) is 0 Å². The van der Waals surface area contributed by atoms with Crippen molar-refractivity contribution in [2.75, 3.05) is 43.1 Å². The first-order valence-electron chi connectivity index (χ1n) is 9.57. The summed E-state index contributed by atoms with van der Waals surface area (Å²) in [4.78, 5) is 30.1. The Bertz CT molecular complexity index is 943. The highest BCUT2D eigenvalue weighted by atomic mass is 35.5. The fraction of sp³-hybridized carbons (Fsp3) is 0.333. The van der Waals surface area contributed by atoms with Crippen molar-refractivity contribution in [2.24, 2.45) is 0 Å². The number of hydrogen-bond acceptors (Lipinski definition) is 5. The van der Waals surface area contributed by atoms with Crippen LogP contribution in [0.4, 0.5) is 11.4 Å². The Kier molecular flexibility index (Phi) is 5.34. The Morgan fingerprint density at radius 1 is 1.14 bits per heavy atom. The van der Waals surface area contributed by atoms with E-state index in [1.54, 1.807) is 30.3 Å². The molecule has 2 aliphatic rings. The van der Waals surface area contributed by atoms with Crippen LogP contribution in [0.3, 0.4) is 0 Å². The molecule has 0 bridgehead atoms. The smallest absolute Gasteiger partial charge is 0.292 e. The van der Waals surface area contributed by atoms with Crippen molar-refractivity contribution in [1.82, 2.24) is 0 Å². The van der Waals surface area contributed by atoms with Gasteiger partial charge in [-0.25, -0.2) is 4.90 Å². The number of carbonyl (C=O) groups excluding carboxylic acids is 2. The number of nitrogens with one attached hydrogen (secondary N) is 1. The number of hydrogen-bond donors (Lipinski definition) is 2. The highest BCUT2D eigenvalue weighted by Gasteiger charge is 2.46. The van der Waals surface area contributed by atoms with Gasteiger partial charge in [0.15, 0.2) is 6.04 Å². The van der Waals surface area contributed by atoms with Crippen molar-refractivity contribution in [2.45, 2.75) is 12.5 Å². The average Bonchev–Trinajstić information content (AvgIpc) is 3.02. The molecule has 1 atom stereocenters. The fourth-order valence-corrected chi connectivity index (χ4v) is 4.38. The predicted octanol–water partition coefficient (Wildman–Crippen LogP) is 1.09. The number of benzene rings is 2. The lowest BCUT2D eigenvalue weighted by Gasteiger charge is -2.35. The minimum atomic E-state index is -0.394. The van der Waals surface area contributed by atoms with E-state index in [1.807, 2.05) is 12.1 Å². The van der Waals surface area contributed by atoms with Gasteiger partial charge in [0, 0.05) is 0 Å². The van der Waals surface area contributed by atoms with Crippen molar-refractivity contribution in [3.63, 3.8) is 0 Å². The normalized spacial score (nSPS) is 20.4. The van der Waals surface area contributed by atoms with Gasteiger partial charge in [0.25, 0.3) is 5.91 Å². The van der Waals surface area contributed by atoms with E-state index in [9.17, 15) is 14.7 Å². The van der Waals surface area contributed by atoms with E-state index in [1.165, 1.54) is 12.0 Å². The summed E-state index contributed by atoms with van der Waals surface area (Å²) in [5, 5.41) is 10.4. The SMILES string of the molecule is COc1ccc(N2C(=O)C[C@H]([NH+]3CCN(c4ccccc4O)CC3)C2=O)cc1Cl. The van der Waals surface area contributed by atoms with E-state index in [0.29, 0.717) is 29.5 Å². The summed E-state index contributed by atoms with van der Waals surface area (Å²) in [7, 11) is 1.52. The lowest BCUT2D eigenvalue weighted by molar-refractivity contribution is -0.915. The number of halogens is 1. The molecule has 2 aliphatic heterocycles. The van der Waals surface area contributed by atoms with E-state index in [4.69, 9.17) is 16.3 Å². The van der Waals surface area contributed by atoms with Crippen molar-refractivity contribution < 1.29 is 24.3 Å². The molecule has 152 valence electrons. The minimum Gasteiger partial charge on any atom is -0.506 e. The standard InChI is InChI=1S/C21H22ClN3O4/c1-29-19-7-6-14(12-15(19)22)25-20(27)13-17(21(25)28)24-10-8-23(9-11-24)16-4-2-3-5-18(16)26/h2-7,12,17,26H,8-11,13H2,1H3/p+1/t17-/m0/s1. The van der Waals surface area contributed by atoms with Crippen molar-refractivity contribution in [3.05, 3.63) is 47.5 Å². The van der Waals surface area contributed by atoms with Crippen LogP contribution in [0, 0.1) is 0 Å². The number of imide groups is 1. The molecule has 0 saturated carbocycles. The predicted molar refractivity (Wildman–Crippen MR) is 110 cm³/mol. The van der Waals surface area contributed by atoms with E-state index >= 15 is 0 Å². The highest BCUT2D eigenvalue weighted by Crippen LogP contribution is 2.31. The van der Waals surface area contributed by atoms with Crippen LogP contribution < -0.4 is 19.4 Å². The molecule has 0 aliphatic carbocycles. The van der Waals surface area contributed by atoms with Crippen LogP contribution in [0.1, 0.15) is 6.42 Å². The summed E-state index contributed by atoms with van der Waals surface area (Å²) in [6, 6.07) is 11.8. The molecule has 2 heterocycles. The second-order valence-electron chi connectivity index (χ2n) is 7.28. The van der Waals surface area contributed by atoms with Crippen LogP contribution in [0.2, 0.25) is 5.02 Å². The second-order valence-corrected chi connectivity index (χ2v) is 7.68. The zero-order valence-electron chi connectivity index (χ0n) is 16.1. The molecule has 0 aromatic heterocycles. The number of anilines is 2.